The molecule has 0 fully saturated rings. The average molecular weight is 384 g/mol. The summed E-state index contributed by atoms with van der Waals surface area (Å²) < 4.78 is 39.9. The Kier molecular flexibility index (Phi) is 4.80. The number of halogens is 2. The number of rotatable bonds is 3. The van der Waals surface area contributed by atoms with Crippen molar-refractivity contribution in [3.05, 3.63) is 41.2 Å². The van der Waals surface area contributed by atoms with Crippen LogP contribution in [0.5, 0.6) is 0 Å². The molecule has 0 saturated heterocycles. The molecule has 2 unspecified atom stereocenters. The van der Waals surface area contributed by atoms with E-state index in [1.807, 2.05) is 0 Å². The highest BCUT2D eigenvalue weighted by Gasteiger charge is 2.38. The molecule has 1 aromatic rings. The molecule has 2 heterocycles. The second-order valence-electron chi connectivity index (χ2n) is 6.39. The highest BCUT2D eigenvalue weighted by atomic mass is 32.2. The van der Waals surface area contributed by atoms with E-state index in [0.29, 0.717) is 6.54 Å². The molecule has 26 heavy (non-hydrogen) atoms. The van der Waals surface area contributed by atoms with Crippen LogP contribution in [-0.4, -0.2) is 33.0 Å². The Balaban J connectivity index is 1.93. The van der Waals surface area contributed by atoms with Gasteiger partial charge in [0, 0.05) is 28.1 Å². The first-order valence-electron chi connectivity index (χ1n) is 7.82. The normalized spacial score (nSPS) is 24.5. The minimum atomic E-state index is -1.41. The van der Waals surface area contributed by atoms with Crippen molar-refractivity contribution in [3.63, 3.8) is 0 Å². The number of amides is 1. The summed E-state index contributed by atoms with van der Waals surface area (Å²) in [6.07, 6.45) is 1.51. The van der Waals surface area contributed by atoms with Crippen molar-refractivity contribution in [1.29, 1.82) is 0 Å². The minimum absolute atomic E-state index is 0.000354. The van der Waals surface area contributed by atoms with E-state index in [1.165, 1.54) is 12.1 Å². The van der Waals surface area contributed by atoms with Crippen LogP contribution < -0.4 is 16.5 Å². The molecule has 2 aliphatic rings. The van der Waals surface area contributed by atoms with Crippen molar-refractivity contribution in [1.82, 2.24) is 5.48 Å². The molecule has 1 amide bonds. The van der Waals surface area contributed by atoms with Crippen LogP contribution >= 0.6 is 0 Å². The summed E-state index contributed by atoms with van der Waals surface area (Å²) in [5.74, 6) is -2.74. The summed E-state index contributed by atoms with van der Waals surface area (Å²) in [5.41, 5.74) is 8.26. The van der Waals surface area contributed by atoms with Crippen LogP contribution in [0.25, 0.3) is 0 Å². The zero-order valence-electron chi connectivity index (χ0n) is 14.1. The smallest absolute Gasteiger partial charge is 0.293 e. The van der Waals surface area contributed by atoms with Gasteiger partial charge in [-0.1, -0.05) is 0 Å². The summed E-state index contributed by atoms with van der Waals surface area (Å²) >= 11 is 0. The maximum atomic E-state index is 14.3. The van der Waals surface area contributed by atoms with Gasteiger partial charge in [0.25, 0.3) is 5.91 Å². The number of hydrogen-bond acceptors (Lipinski definition) is 6. The lowest BCUT2D eigenvalue weighted by Crippen LogP contribution is -2.47. The predicted molar refractivity (Wildman–Crippen MR) is 93.6 cm³/mol. The molecule has 3 rings (SSSR count). The highest BCUT2D eigenvalue weighted by Crippen LogP contribution is 2.33. The van der Waals surface area contributed by atoms with Crippen LogP contribution in [-0.2, 0) is 20.4 Å². The van der Waals surface area contributed by atoms with Gasteiger partial charge in [-0.3, -0.25) is 14.0 Å². The number of carbonyl (C=O) groups is 1. The van der Waals surface area contributed by atoms with Gasteiger partial charge in [-0.25, -0.2) is 8.78 Å². The molecule has 7 nitrogen and oxygen atoms in total. The van der Waals surface area contributed by atoms with Crippen molar-refractivity contribution >= 4 is 28.2 Å². The van der Waals surface area contributed by atoms with Crippen LogP contribution in [0.1, 0.15) is 25.5 Å². The summed E-state index contributed by atoms with van der Waals surface area (Å²) in [7, 11) is -1.41. The lowest BCUT2D eigenvalue weighted by atomic mass is 10.1. The number of nitrogens with two attached hydrogens (primary N) is 1. The Morgan fingerprint density at radius 3 is 2.81 bits per heavy atom. The van der Waals surface area contributed by atoms with Gasteiger partial charge in [0.2, 0.25) is 5.76 Å². The molecule has 10 heteroatoms. The number of amidine groups is 1. The lowest BCUT2D eigenvalue weighted by molar-refractivity contribution is -0.116. The number of aliphatic imine (C=N–C) groups is 1. The molecule has 0 radical (unpaired) electrons. The SMILES string of the molecule is CC1(C)C(N)=NC(c2cc(NC(=O)C3=CCNO3)cc(F)c2F)CS1=O. The fourth-order valence-corrected chi connectivity index (χ4v) is 3.78. The van der Waals surface area contributed by atoms with Crippen LogP contribution in [0.2, 0.25) is 0 Å². The molecule has 2 aliphatic heterocycles. The second kappa shape index (κ2) is 6.76. The Morgan fingerprint density at radius 1 is 1.46 bits per heavy atom. The number of anilines is 1. The van der Waals surface area contributed by atoms with Crippen molar-refractivity contribution in [2.45, 2.75) is 24.6 Å². The number of carbonyl (C=O) groups excluding carboxylic acids is 1. The molecule has 0 bridgehead atoms. The van der Waals surface area contributed by atoms with Gasteiger partial charge >= 0.3 is 0 Å². The van der Waals surface area contributed by atoms with Crippen LogP contribution in [0, 0.1) is 11.6 Å². The molecule has 0 spiro atoms. The third-order valence-electron chi connectivity index (χ3n) is 4.24. The van der Waals surface area contributed by atoms with Crippen molar-refractivity contribution < 1.29 is 22.6 Å². The van der Waals surface area contributed by atoms with E-state index in [2.05, 4.69) is 15.8 Å². The summed E-state index contributed by atoms with van der Waals surface area (Å²) in [5, 5.41) is 2.44. The third-order valence-corrected chi connectivity index (χ3v) is 6.21. The Hall–Kier alpha value is -2.33. The average Bonchev–Trinajstić information content (AvgIpc) is 3.10. The zero-order valence-corrected chi connectivity index (χ0v) is 15.0. The molecular formula is C16H18F2N4O3S. The Morgan fingerprint density at radius 2 is 2.19 bits per heavy atom. The first kappa shape index (κ1) is 18.5. The highest BCUT2D eigenvalue weighted by molar-refractivity contribution is 7.87. The number of hydrogen-bond donors (Lipinski definition) is 3. The largest absolute Gasteiger partial charge is 0.403 e. The van der Waals surface area contributed by atoms with E-state index >= 15 is 0 Å². The maximum absolute atomic E-state index is 14.3. The maximum Gasteiger partial charge on any atom is 0.293 e. The predicted octanol–water partition coefficient (Wildman–Crippen LogP) is 1.26. The Labute approximate surface area is 151 Å². The van der Waals surface area contributed by atoms with Crippen LogP contribution in [0.3, 0.4) is 0 Å². The van der Waals surface area contributed by atoms with E-state index in [9.17, 15) is 17.8 Å². The first-order chi connectivity index (χ1) is 12.2. The second-order valence-corrected chi connectivity index (χ2v) is 8.43. The lowest BCUT2D eigenvalue weighted by Gasteiger charge is -2.31. The van der Waals surface area contributed by atoms with Gasteiger partial charge in [0.05, 0.1) is 23.1 Å². The molecule has 2 atom stereocenters. The van der Waals surface area contributed by atoms with Crippen LogP contribution in [0.15, 0.2) is 29.0 Å². The molecule has 4 N–H and O–H groups in total. The fraction of sp³-hybridized carbons (Fsp3) is 0.375. The van der Waals surface area contributed by atoms with Gasteiger partial charge in [0.15, 0.2) is 11.6 Å². The Bertz CT molecular complexity index is 854. The fourth-order valence-electron chi connectivity index (χ4n) is 2.54. The van der Waals surface area contributed by atoms with Crippen LogP contribution in [0.4, 0.5) is 14.5 Å². The number of benzene rings is 1. The molecule has 140 valence electrons. The summed E-state index contributed by atoms with van der Waals surface area (Å²) in [4.78, 5) is 21.1. The summed E-state index contributed by atoms with van der Waals surface area (Å²) in [6, 6.07) is 1.21. The monoisotopic (exact) mass is 384 g/mol. The zero-order chi connectivity index (χ0) is 19.1. The van der Waals surface area contributed by atoms with Crippen molar-refractivity contribution in [3.8, 4) is 0 Å². The van der Waals surface area contributed by atoms with E-state index in [1.54, 1.807) is 13.8 Å². The molecular weight excluding hydrogens is 366 g/mol. The van der Waals surface area contributed by atoms with Gasteiger partial charge < -0.3 is 15.9 Å². The number of nitrogens with zero attached hydrogens (tertiary/aromatic N) is 1. The van der Waals surface area contributed by atoms with E-state index in [4.69, 9.17) is 10.6 Å². The van der Waals surface area contributed by atoms with Gasteiger partial charge in [0.1, 0.15) is 5.84 Å². The number of nitrogens with one attached hydrogen (secondary N) is 2. The van der Waals surface area contributed by atoms with Gasteiger partial charge in [-0.05, 0) is 26.0 Å². The topological polar surface area (TPSA) is 106 Å². The minimum Gasteiger partial charge on any atom is -0.403 e. The number of hydroxylamine groups is 1. The molecule has 1 aromatic carbocycles. The first-order valence-corrected chi connectivity index (χ1v) is 9.14. The van der Waals surface area contributed by atoms with Gasteiger partial charge in [-0.15, -0.1) is 0 Å². The molecule has 0 saturated carbocycles. The molecule has 0 aliphatic carbocycles. The van der Waals surface area contributed by atoms with E-state index in [0.717, 1.165) is 6.07 Å². The third kappa shape index (κ3) is 3.34. The summed E-state index contributed by atoms with van der Waals surface area (Å²) in [6.45, 7) is 3.72. The standard InChI is InChI=1S/C16H18F2N4O3S/c1-16(2)15(19)22-11(7-26(16)24)9-5-8(6-10(17)13(9)18)21-14(23)12-3-4-20-25-12/h3,5-6,11,20H,4,7H2,1-2H3,(H2,19,22)(H,21,23). The quantitative estimate of drug-likeness (QED) is 0.728. The van der Waals surface area contributed by atoms with Gasteiger partial charge in [-0.2, -0.15) is 5.48 Å². The molecule has 0 aromatic heterocycles. The van der Waals surface area contributed by atoms with E-state index in [-0.39, 0.29) is 28.6 Å². The van der Waals surface area contributed by atoms with Crippen molar-refractivity contribution in [2.75, 3.05) is 17.6 Å². The van der Waals surface area contributed by atoms with Crippen molar-refractivity contribution in [2.24, 2.45) is 10.7 Å². The van der Waals surface area contributed by atoms with E-state index < -0.39 is 39.1 Å².